The van der Waals surface area contributed by atoms with Crippen molar-refractivity contribution in [2.45, 2.75) is 238 Å². The van der Waals surface area contributed by atoms with Crippen LogP contribution < -0.4 is 5.32 Å². The number of quaternary nitrogens is 1. The normalized spacial score (nSPS) is 14.6. The van der Waals surface area contributed by atoms with E-state index in [9.17, 15) is 19.4 Å². The second-order valence-electron chi connectivity index (χ2n) is 19.2. The van der Waals surface area contributed by atoms with E-state index in [1.54, 1.807) is 12.2 Å². The topological polar surface area (TPSA) is 105 Å². The molecule has 0 aliphatic rings. The summed E-state index contributed by atoms with van der Waals surface area (Å²) in [6, 6.07) is -0.905. The molecule has 0 saturated heterocycles. The third-order valence-electron chi connectivity index (χ3n) is 11.7. The fraction of sp³-hybridized carbons (Fsp3) is 0.768. The van der Waals surface area contributed by atoms with E-state index in [1.165, 1.54) is 154 Å². The van der Waals surface area contributed by atoms with Crippen LogP contribution >= 0.6 is 7.82 Å². The summed E-state index contributed by atoms with van der Waals surface area (Å²) < 4.78 is 23.6. The summed E-state index contributed by atoms with van der Waals surface area (Å²) >= 11 is 0. The molecule has 0 aliphatic heterocycles. The Hall–Kier alpha value is -2.06. The number of hydrogen-bond acceptors (Lipinski definition) is 5. The maximum atomic E-state index is 12.8. The van der Waals surface area contributed by atoms with Gasteiger partial charge in [0.05, 0.1) is 39.9 Å². The average Bonchev–Trinajstić information content (AvgIpc) is 3.26. The first kappa shape index (κ1) is 62.9. The van der Waals surface area contributed by atoms with Crippen molar-refractivity contribution in [3.8, 4) is 0 Å². The molecule has 9 heteroatoms. The highest BCUT2D eigenvalue weighted by Gasteiger charge is 2.27. The van der Waals surface area contributed by atoms with Gasteiger partial charge in [-0.25, -0.2) is 4.57 Å². The van der Waals surface area contributed by atoms with Crippen LogP contribution in [-0.4, -0.2) is 73.4 Å². The van der Waals surface area contributed by atoms with E-state index in [4.69, 9.17) is 9.05 Å². The zero-order valence-corrected chi connectivity index (χ0v) is 43.9. The van der Waals surface area contributed by atoms with E-state index in [2.05, 4.69) is 67.8 Å². The number of nitrogens with one attached hydrogen (secondary N) is 1. The number of likely N-dealkylation sites (N-methyl/N-ethyl adjacent to an activating group) is 1. The molecule has 0 saturated carbocycles. The van der Waals surface area contributed by atoms with E-state index in [0.29, 0.717) is 17.4 Å². The van der Waals surface area contributed by atoms with Crippen molar-refractivity contribution < 1.29 is 32.9 Å². The molecular weight excluding hydrogens is 828 g/mol. The van der Waals surface area contributed by atoms with Gasteiger partial charge in [-0.1, -0.05) is 247 Å². The molecule has 378 valence electrons. The predicted molar refractivity (Wildman–Crippen MR) is 281 cm³/mol. The SMILES string of the molecule is CC/C=C\C/C=C\C/C=C\C/C=C\C/C=C\CC(=O)NC(COP(=O)(O)OCC[N+](C)(C)C)C(O)/C=C/CCCCCCCCCCCCCCCCCCCCCCCCCCCC. The minimum absolute atomic E-state index is 0.0421. The van der Waals surface area contributed by atoms with Crippen molar-refractivity contribution in [1.29, 1.82) is 0 Å². The lowest BCUT2D eigenvalue weighted by atomic mass is 10.0. The lowest BCUT2D eigenvalue weighted by molar-refractivity contribution is -0.870. The van der Waals surface area contributed by atoms with Crippen LogP contribution in [0.2, 0.25) is 0 Å². The second kappa shape index (κ2) is 47.0. The molecule has 65 heavy (non-hydrogen) atoms. The number of hydrogen-bond donors (Lipinski definition) is 3. The number of aliphatic hydroxyl groups is 1. The number of amides is 1. The van der Waals surface area contributed by atoms with Gasteiger partial charge in [0.25, 0.3) is 0 Å². The Labute approximate surface area is 402 Å². The van der Waals surface area contributed by atoms with Gasteiger partial charge in [0.15, 0.2) is 0 Å². The summed E-state index contributed by atoms with van der Waals surface area (Å²) in [5.74, 6) is -0.304. The number of allylic oxidation sites excluding steroid dienone is 10. The Kier molecular flexibility index (Phi) is 45.5. The van der Waals surface area contributed by atoms with Gasteiger partial charge < -0.3 is 19.8 Å². The zero-order chi connectivity index (χ0) is 47.8. The first-order chi connectivity index (χ1) is 31.5. The first-order valence-electron chi connectivity index (χ1n) is 26.8. The third-order valence-corrected chi connectivity index (χ3v) is 12.7. The zero-order valence-electron chi connectivity index (χ0n) is 43.0. The molecule has 0 aliphatic carbocycles. The molecule has 0 radical (unpaired) electrons. The van der Waals surface area contributed by atoms with E-state index in [1.807, 2.05) is 33.3 Å². The highest BCUT2D eigenvalue weighted by atomic mass is 31.2. The monoisotopic (exact) mass is 932 g/mol. The Balaban J connectivity index is 4.26. The summed E-state index contributed by atoms with van der Waals surface area (Å²) in [6.07, 6.45) is 64.7. The molecule has 1 amide bonds. The second-order valence-corrected chi connectivity index (χ2v) is 20.7. The van der Waals surface area contributed by atoms with E-state index >= 15 is 0 Å². The molecule has 0 rings (SSSR count). The summed E-state index contributed by atoms with van der Waals surface area (Å²) in [4.78, 5) is 23.1. The number of phosphoric acid groups is 1. The van der Waals surface area contributed by atoms with Crippen LogP contribution in [0, 0.1) is 0 Å². The molecule has 0 aromatic heterocycles. The Bertz CT molecular complexity index is 1290. The van der Waals surface area contributed by atoms with Crippen molar-refractivity contribution in [2.24, 2.45) is 0 Å². The van der Waals surface area contributed by atoms with Gasteiger partial charge in [0.1, 0.15) is 13.2 Å². The molecule has 3 N–H and O–H groups in total. The van der Waals surface area contributed by atoms with Crippen LogP contribution in [0.1, 0.15) is 226 Å². The van der Waals surface area contributed by atoms with E-state index in [-0.39, 0.29) is 25.5 Å². The summed E-state index contributed by atoms with van der Waals surface area (Å²) in [7, 11) is 1.51. The van der Waals surface area contributed by atoms with Crippen molar-refractivity contribution in [2.75, 3.05) is 40.9 Å². The summed E-state index contributed by atoms with van der Waals surface area (Å²) in [5.41, 5.74) is 0. The molecule has 0 fully saturated rings. The molecule has 3 atom stereocenters. The van der Waals surface area contributed by atoms with Gasteiger partial charge in [0, 0.05) is 6.42 Å². The minimum Gasteiger partial charge on any atom is -0.387 e. The Morgan fingerprint density at radius 3 is 1.29 bits per heavy atom. The Morgan fingerprint density at radius 2 is 0.908 bits per heavy atom. The average molecular weight is 932 g/mol. The lowest BCUT2D eigenvalue weighted by Crippen LogP contribution is -2.45. The van der Waals surface area contributed by atoms with Gasteiger partial charge in [0.2, 0.25) is 5.91 Å². The smallest absolute Gasteiger partial charge is 0.387 e. The Morgan fingerprint density at radius 1 is 0.538 bits per heavy atom. The van der Waals surface area contributed by atoms with Gasteiger partial charge in [-0.2, -0.15) is 0 Å². The van der Waals surface area contributed by atoms with E-state index < -0.39 is 20.0 Å². The van der Waals surface area contributed by atoms with Crippen LogP contribution in [0.25, 0.3) is 0 Å². The maximum absolute atomic E-state index is 12.8. The molecule has 0 bridgehead atoms. The molecule has 3 unspecified atom stereocenters. The first-order valence-corrected chi connectivity index (χ1v) is 28.3. The van der Waals surface area contributed by atoms with Crippen molar-refractivity contribution in [3.05, 3.63) is 72.9 Å². The van der Waals surface area contributed by atoms with Crippen LogP contribution in [0.3, 0.4) is 0 Å². The number of carbonyl (C=O) groups excluding carboxylic acids is 1. The number of aliphatic hydroxyl groups excluding tert-OH is 1. The van der Waals surface area contributed by atoms with Gasteiger partial charge in [-0.3, -0.25) is 13.8 Å². The molecule has 0 aromatic rings. The molecule has 0 aromatic carbocycles. The third kappa shape index (κ3) is 49.7. The fourth-order valence-corrected chi connectivity index (χ4v) is 8.26. The van der Waals surface area contributed by atoms with Crippen molar-refractivity contribution in [1.82, 2.24) is 5.32 Å². The minimum atomic E-state index is -4.37. The highest BCUT2D eigenvalue weighted by molar-refractivity contribution is 7.47. The summed E-state index contributed by atoms with van der Waals surface area (Å²) in [5, 5.41) is 13.8. The van der Waals surface area contributed by atoms with Crippen LogP contribution in [-0.2, 0) is 18.4 Å². The highest BCUT2D eigenvalue weighted by Crippen LogP contribution is 2.43. The van der Waals surface area contributed by atoms with Crippen LogP contribution in [0.15, 0.2) is 72.9 Å². The van der Waals surface area contributed by atoms with Crippen molar-refractivity contribution in [3.63, 3.8) is 0 Å². The number of unbranched alkanes of at least 4 members (excludes halogenated alkanes) is 26. The fourth-order valence-electron chi connectivity index (χ4n) is 7.52. The van der Waals surface area contributed by atoms with Crippen LogP contribution in [0.5, 0.6) is 0 Å². The number of carbonyl (C=O) groups is 1. The number of nitrogens with zero attached hydrogens (tertiary/aromatic N) is 1. The van der Waals surface area contributed by atoms with Gasteiger partial charge in [-0.15, -0.1) is 0 Å². The lowest BCUT2D eigenvalue weighted by Gasteiger charge is -2.25. The number of phosphoric ester groups is 1. The van der Waals surface area contributed by atoms with E-state index in [0.717, 1.165) is 44.9 Å². The molecule has 0 heterocycles. The quantitative estimate of drug-likeness (QED) is 0.0243. The van der Waals surface area contributed by atoms with Gasteiger partial charge in [-0.05, 0) is 44.9 Å². The van der Waals surface area contributed by atoms with Crippen LogP contribution in [0.4, 0.5) is 0 Å². The largest absolute Gasteiger partial charge is 0.472 e. The predicted octanol–water partition coefficient (Wildman–Crippen LogP) is 15.9. The molecular formula is C56H104N2O6P+. The summed E-state index contributed by atoms with van der Waals surface area (Å²) in [6.45, 7) is 4.63. The maximum Gasteiger partial charge on any atom is 0.472 e. The standard InChI is InChI=1S/C56H103N2O6P/c1-6-8-10-12-14-16-18-20-22-23-24-25-26-27-28-29-30-31-32-33-34-36-37-39-41-43-45-47-49-55(59)54(53-64-65(61,62)63-52-51-58(3,4)5)57-56(60)50-48-46-44-42-40-38-35-21-19-17-15-13-11-9-7-2/h9,11,15,17,21,35,40,42,46-49,54-55,59H,6-8,10,12-14,16,18-20,22-34,36-39,41,43-45,50-53H2,1-5H3,(H-,57,60,61,62)/p+1/b11-9-,17-15-,35-21-,42-40-,48-46-,49-47+. The van der Waals surface area contributed by atoms with Gasteiger partial charge >= 0.3 is 7.82 Å². The van der Waals surface area contributed by atoms with Crippen molar-refractivity contribution >= 4 is 13.7 Å². The molecule has 0 spiro atoms. The number of rotatable bonds is 48. The molecule has 8 nitrogen and oxygen atoms in total.